The number of hydrogen-bond donors (Lipinski definition) is 2. The van der Waals surface area contributed by atoms with Crippen molar-refractivity contribution in [3.63, 3.8) is 0 Å². The Morgan fingerprint density at radius 2 is 2.00 bits per heavy atom. The fourth-order valence-electron chi connectivity index (χ4n) is 3.89. The summed E-state index contributed by atoms with van der Waals surface area (Å²) in [4.78, 5) is 4.42. The number of fused-ring (bicyclic) bond motifs is 1. The number of rotatable bonds is 8. The van der Waals surface area contributed by atoms with Gasteiger partial charge in [0.2, 0.25) is 0 Å². The molecule has 1 aliphatic rings. The molecule has 2 aromatic heterocycles. The normalized spacial score (nSPS) is 17.1. The number of sulfone groups is 1. The van der Waals surface area contributed by atoms with Crippen LogP contribution in [-0.2, 0) is 15.6 Å². The molecule has 8 heteroatoms. The highest BCUT2D eigenvalue weighted by molar-refractivity contribution is 7.90. The smallest absolute Gasteiger partial charge is 0.162 e. The Kier molecular flexibility index (Phi) is 6.17. The number of thiophene rings is 1. The second-order valence-electron chi connectivity index (χ2n) is 7.46. The molecule has 0 aliphatic carbocycles. The summed E-state index contributed by atoms with van der Waals surface area (Å²) in [6.07, 6.45) is 5.42. The van der Waals surface area contributed by atoms with E-state index in [0.717, 1.165) is 29.4 Å². The van der Waals surface area contributed by atoms with Gasteiger partial charge in [0.05, 0.1) is 25.7 Å². The summed E-state index contributed by atoms with van der Waals surface area (Å²) in [5.41, 5.74) is 2.89. The molecule has 160 valence electrons. The van der Waals surface area contributed by atoms with Crippen LogP contribution in [0.2, 0.25) is 0 Å². The molecular formula is C22H26N2O4S2. The van der Waals surface area contributed by atoms with Crippen LogP contribution in [0.5, 0.6) is 11.5 Å². The van der Waals surface area contributed by atoms with E-state index in [-0.39, 0.29) is 17.5 Å². The first-order valence-corrected chi connectivity index (χ1v) is 12.6. The molecule has 0 radical (unpaired) electrons. The molecule has 1 atom stereocenters. The molecule has 0 fully saturated rings. The molecule has 2 N–H and O–H groups in total. The Hall–Kier alpha value is -2.29. The summed E-state index contributed by atoms with van der Waals surface area (Å²) in [5, 5.41) is 6.34. The lowest BCUT2D eigenvalue weighted by Gasteiger charge is -2.23. The average Bonchev–Trinajstić information content (AvgIpc) is 3.42. The van der Waals surface area contributed by atoms with E-state index in [1.165, 1.54) is 10.5 Å². The first-order chi connectivity index (χ1) is 14.5. The van der Waals surface area contributed by atoms with E-state index in [9.17, 15) is 8.42 Å². The highest BCUT2D eigenvalue weighted by Crippen LogP contribution is 2.34. The van der Waals surface area contributed by atoms with Crippen LogP contribution in [0.3, 0.4) is 0 Å². The van der Waals surface area contributed by atoms with Gasteiger partial charge in [0.25, 0.3) is 0 Å². The van der Waals surface area contributed by atoms with Crippen LogP contribution in [0.1, 0.15) is 23.3 Å². The van der Waals surface area contributed by atoms with Crippen LogP contribution in [0.25, 0.3) is 16.5 Å². The monoisotopic (exact) mass is 446 g/mol. The fraction of sp³-hybridized carbons (Fsp3) is 0.364. The Balaban J connectivity index is 1.43. The average molecular weight is 447 g/mol. The quantitative estimate of drug-likeness (QED) is 0.547. The second-order valence-corrected chi connectivity index (χ2v) is 10.6. The second kappa shape index (κ2) is 8.83. The third-order valence-electron chi connectivity index (χ3n) is 5.48. The Morgan fingerprint density at radius 3 is 2.73 bits per heavy atom. The zero-order valence-electron chi connectivity index (χ0n) is 17.1. The molecule has 6 nitrogen and oxygen atoms in total. The molecule has 0 spiro atoms. The molecule has 0 saturated heterocycles. The van der Waals surface area contributed by atoms with E-state index in [1.54, 1.807) is 31.8 Å². The Labute approximate surface area is 180 Å². The van der Waals surface area contributed by atoms with Gasteiger partial charge in [0.15, 0.2) is 21.3 Å². The van der Waals surface area contributed by atoms with Gasteiger partial charge in [-0.3, -0.25) is 0 Å². The molecule has 0 amide bonds. The lowest BCUT2D eigenvalue weighted by atomic mass is 9.99. The van der Waals surface area contributed by atoms with Crippen molar-refractivity contribution >= 4 is 37.7 Å². The Bertz CT molecular complexity index is 1150. The maximum absolute atomic E-state index is 12.9. The molecule has 1 aliphatic heterocycles. The molecular weight excluding hydrogens is 420 g/mol. The van der Waals surface area contributed by atoms with Gasteiger partial charge in [-0.05, 0) is 41.5 Å². The van der Waals surface area contributed by atoms with Gasteiger partial charge in [-0.1, -0.05) is 12.1 Å². The minimum absolute atomic E-state index is 0.00280. The SMILES string of the molecule is COc1cc2[nH]cc(CS(=O)(=O)CCC3CC(c4cccs4)=CCN3)c2cc1OC. The molecule has 4 rings (SSSR count). The fourth-order valence-corrected chi connectivity index (χ4v) is 6.17. The van der Waals surface area contributed by atoms with Gasteiger partial charge in [0.1, 0.15) is 0 Å². The molecule has 0 bridgehead atoms. The molecule has 30 heavy (non-hydrogen) atoms. The van der Waals surface area contributed by atoms with Crippen LogP contribution >= 0.6 is 11.3 Å². The predicted octanol–water partition coefficient (Wildman–Crippen LogP) is 4.00. The zero-order valence-corrected chi connectivity index (χ0v) is 18.7. The molecule has 1 aromatic carbocycles. The number of aromatic nitrogens is 1. The predicted molar refractivity (Wildman–Crippen MR) is 122 cm³/mol. The van der Waals surface area contributed by atoms with Gasteiger partial charge in [0, 0.05) is 40.6 Å². The van der Waals surface area contributed by atoms with Crippen LogP contribution in [0.4, 0.5) is 0 Å². The number of ether oxygens (including phenoxy) is 2. The highest BCUT2D eigenvalue weighted by atomic mass is 32.2. The lowest BCUT2D eigenvalue weighted by molar-refractivity contribution is 0.356. The third-order valence-corrected chi connectivity index (χ3v) is 8.04. The van der Waals surface area contributed by atoms with Gasteiger partial charge in [-0.25, -0.2) is 8.42 Å². The standard InChI is InChI=1S/C22H26N2O4S2/c1-27-20-11-18-16(13-24-19(18)12-21(20)28-2)14-30(25,26)9-6-17-10-15(5-7-23-17)22-4-3-8-29-22/h3-5,8,11-13,17,23-24H,6-7,9-10,14H2,1-2H3. The summed E-state index contributed by atoms with van der Waals surface area (Å²) in [6, 6.07) is 8.00. The van der Waals surface area contributed by atoms with E-state index in [4.69, 9.17) is 9.47 Å². The van der Waals surface area contributed by atoms with Crippen molar-refractivity contribution in [2.45, 2.75) is 24.6 Å². The van der Waals surface area contributed by atoms with Crippen molar-refractivity contribution in [2.24, 2.45) is 0 Å². The minimum Gasteiger partial charge on any atom is -0.493 e. The number of methoxy groups -OCH3 is 2. The van der Waals surface area contributed by atoms with Crippen molar-refractivity contribution in [1.29, 1.82) is 0 Å². The largest absolute Gasteiger partial charge is 0.493 e. The van der Waals surface area contributed by atoms with Crippen molar-refractivity contribution in [3.05, 3.63) is 52.4 Å². The van der Waals surface area contributed by atoms with Gasteiger partial charge in [-0.15, -0.1) is 11.3 Å². The summed E-state index contributed by atoms with van der Waals surface area (Å²) in [5.74, 6) is 1.35. The van der Waals surface area contributed by atoms with Gasteiger partial charge >= 0.3 is 0 Å². The minimum atomic E-state index is -3.25. The lowest BCUT2D eigenvalue weighted by Crippen LogP contribution is -2.34. The van der Waals surface area contributed by atoms with Gasteiger partial charge < -0.3 is 19.8 Å². The number of H-pyrrole nitrogens is 1. The van der Waals surface area contributed by atoms with Crippen LogP contribution in [-0.4, -0.2) is 46.0 Å². The van der Waals surface area contributed by atoms with Crippen LogP contribution < -0.4 is 14.8 Å². The van der Waals surface area contributed by atoms with E-state index in [1.807, 2.05) is 18.2 Å². The number of nitrogens with one attached hydrogen (secondary N) is 2. The number of hydrogen-bond acceptors (Lipinski definition) is 6. The van der Waals surface area contributed by atoms with E-state index in [2.05, 4.69) is 27.8 Å². The Morgan fingerprint density at radius 1 is 1.20 bits per heavy atom. The first kappa shape index (κ1) is 21.0. The zero-order chi connectivity index (χ0) is 21.1. The van der Waals surface area contributed by atoms with E-state index in [0.29, 0.717) is 17.9 Å². The summed E-state index contributed by atoms with van der Waals surface area (Å²) in [7, 11) is -0.0989. The van der Waals surface area contributed by atoms with Crippen molar-refractivity contribution < 1.29 is 17.9 Å². The van der Waals surface area contributed by atoms with Crippen molar-refractivity contribution in [3.8, 4) is 11.5 Å². The van der Waals surface area contributed by atoms with Crippen LogP contribution in [0.15, 0.2) is 41.9 Å². The maximum atomic E-state index is 12.9. The third kappa shape index (κ3) is 4.55. The van der Waals surface area contributed by atoms with Crippen molar-refractivity contribution in [1.82, 2.24) is 10.3 Å². The molecule has 3 aromatic rings. The molecule has 3 heterocycles. The van der Waals surface area contributed by atoms with E-state index < -0.39 is 9.84 Å². The first-order valence-electron chi connectivity index (χ1n) is 9.88. The number of benzene rings is 1. The maximum Gasteiger partial charge on any atom is 0.162 e. The summed E-state index contributed by atoms with van der Waals surface area (Å²) < 4.78 is 36.4. The highest BCUT2D eigenvalue weighted by Gasteiger charge is 2.22. The van der Waals surface area contributed by atoms with E-state index >= 15 is 0 Å². The number of aromatic amines is 1. The van der Waals surface area contributed by atoms with Crippen molar-refractivity contribution in [2.75, 3.05) is 26.5 Å². The molecule has 0 saturated carbocycles. The summed E-state index contributed by atoms with van der Waals surface area (Å²) in [6.45, 7) is 0.780. The molecule has 1 unspecified atom stereocenters. The topological polar surface area (TPSA) is 80.4 Å². The summed E-state index contributed by atoms with van der Waals surface area (Å²) >= 11 is 1.73. The van der Waals surface area contributed by atoms with Crippen LogP contribution in [0, 0.1) is 0 Å². The van der Waals surface area contributed by atoms with Gasteiger partial charge in [-0.2, -0.15) is 0 Å².